The minimum atomic E-state index is -0.478. The van der Waals surface area contributed by atoms with E-state index in [-0.39, 0.29) is 12.5 Å². The van der Waals surface area contributed by atoms with Crippen LogP contribution >= 0.6 is 0 Å². The van der Waals surface area contributed by atoms with Crippen molar-refractivity contribution in [3.63, 3.8) is 0 Å². The van der Waals surface area contributed by atoms with Gasteiger partial charge in [-0.2, -0.15) is 0 Å². The highest BCUT2D eigenvalue weighted by Crippen LogP contribution is 2.33. The molecule has 1 atom stereocenters. The van der Waals surface area contributed by atoms with Gasteiger partial charge in [-0.3, -0.25) is 8.96 Å². The maximum atomic E-state index is 12.8. The lowest BCUT2D eigenvalue weighted by molar-refractivity contribution is 0.377. The fraction of sp³-hybridized carbons (Fsp3) is 0.211. The number of hydrogen-bond acceptors (Lipinski definition) is 2. The number of oxazole rings is 1. The van der Waals surface area contributed by atoms with E-state index in [4.69, 9.17) is 4.42 Å². The number of rotatable bonds is 5. The summed E-state index contributed by atoms with van der Waals surface area (Å²) in [5, 5.41) is 0. The van der Waals surface area contributed by atoms with Crippen molar-refractivity contribution in [3.05, 3.63) is 71.2 Å². The van der Waals surface area contributed by atoms with Crippen LogP contribution in [-0.4, -0.2) is 11.2 Å². The Balaban J connectivity index is 2.25. The average Bonchev–Trinajstić information content (AvgIpc) is 2.94. The van der Waals surface area contributed by atoms with Crippen molar-refractivity contribution in [1.82, 2.24) is 4.57 Å². The molecule has 0 radical (unpaired) electrons. The lowest BCUT2D eigenvalue weighted by Gasteiger charge is -2.14. The quantitative estimate of drug-likeness (QED) is 0.685. The molecule has 0 bridgehead atoms. The van der Waals surface area contributed by atoms with Gasteiger partial charge >= 0.3 is 5.76 Å². The summed E-state index contributed by atoms with van der Waals surface area (Å²) in [7, 11) is 0. The molecule has 0 aliphatic rings. The highest BCUT2D eigenvalue weighted by molar-refractivity contribution is 5.77. The van der Waals surface area contributed by atoms with Gasteiger partial charge in [0.2, 0.25) is 0 Å². The molecule has 2 aromatic carbocycles. The third kappa shape index (κ3) is 2.97. The minimum absolute atomic E-state index is 0.271. The van der Waals surface area contributed by atoms with Gasteiger partial charge in [-0.25, -0.2) is 4.79 Å². The Hall–Kier alpha value is -2.62. The van der Waals surface area contributed by atoms with E-state index in [1.54, 1.807) is 4.57 Å². The maximum Gasteiger partial charge on any atom is 0.420 e. The summed E-state index contributed by atoms with van der Waals surface area (Å²) in [5.74, 6) is 0.0659. The zero-order valence-corrected chi connectivity index (χ0v) is 12.9. The van der Waals surface area contributed by atoms with Crippen LogP contribution in [0.5, 0.6) is 0 Å². The van der Waals surface area contributed by atoms with Crippen molar-refractivity contribution < 1.29 is 8.81 Å². The summed E-state index contributed by atoms with van der Waals surface area (Å²) < 4.78 is 19.9. The highest BCUT2D eigenvalue weighted by atomic mass is 19.1. The molecule has 0 saturated heterocycles. The van der Waals surface area contributed by atoms with Crippen LogP contribution < -0.4 is 5.76 Å². The second-order valence-corrected chi connectivity index (χ2v) is 5.47. The molecule has 0 saturated carbocycles. The third-order valence-corrected chi connectivity index (χ3v) is 3.89. The maximum absolute atomic E-state index is 12.8. The number of nitrogens with zero attached hydrogens (tertiary/aromatic N) is 1. The number of aromatic nitrogens is 1. The van der Waals surface area contributed by atoms with Gasteiger partial charge in [-0.05, 0) is 13.3 Å². The van der Waals surface area contributed by atoms with E-state index < -0.39 is 12.4 Å². The number of benzene rings is 2. The summed E-state index contributed by atoms with van der Waals surface area (Å²) in [6.07, 6.45) is 0.271. The first-order valence-electron chi connectivity index (χ1n) is 7.64. The SMILES string of the molecule is CC(CCF)n1c(-c2ccccc2)c(-c2ccccc2)oc1=O. The van der Waals surface area contributed by atoms with Gasteiger partial charge in [0.15, 0.2) is 5.76 Å². The second kappa shape index (κ2) is 6.65. The van der Waals surface area contributed by atoms with Gasteiger partial charge < -0.3 is 4.42 Å². The van der Waals surface area contributed by atoms with Crippen LogP contribution in [0.15, 0.2) is 69.9 Å². The van der Waals surface area contributed by atoms with E-state index in [2.05, 4.69) is 0 Å². The van der Waals surface area contributed by atoms with Gasteiger partial charge in [0.25, 0.3) is 0 Å². The zero-order valence-electron chi connectivity index (χ0n) is 12.9. The number of halogens is 1. The first kappa shape index (κ1) is 15.3. The van der Waals surface area contributed by atoms with E-state index in [0.29, 0.717) is 11.5 Å². The summed E-state index contributed by atoms with van der Waals surface area (Å²) in [6.45, 7) is 1.35. The molecular formula is C19H18FNO2. The molecule has 0 aliphatic carbocycles. The molecule has 0 spiro atoms. The van der Waals surface area contributed by atoms with Crippen LogP contribution in [0.4, 0.5) is 4.39 Å². The molecule has 0 aliphatic heterocycles. The fourth-order valence-corrected chi connectivity index (χ4v) is 2.72. The van der Waals surface area contributed by atoms with Crippen LogP contribution in [-0.2, 0) is 0 Å². The predicted molar refractivity (Wildman–Crippen MR) is 89.1 cm³/mol. The molecule has 23 heavy (non-hydrogen) atoms. The summed E-state index contributed by atoms with van der Waals surface area (Å²) in [5.41, 5.74) is 2.40. The van der Waals surface area contributed by atoms with E-state index in [1.807, 2.05) is 67.6 Å². The number of alkyl halides is 1. The third-order valence-electron chi connectivity index (χ3n) is 3.89. The summed E-state index contributed by atoms with van der Waals surface area (Å²) in [4.78, 5) is 12.4. The normalized spacial score (nSPS) is 12.3. The molecule has 0 N–H and O–H groups in total. The van der Waals surface area contributed by atoms with Crippen LogP contribution in [0, 0.1) is 0 Å². The van der Waals surface area contributed by atoms with Crippen LogP contribution in [0.25, 0.3) is 22.6 Å². The van der Waals surface area contributed by atoms with Crippen molar-refractivity contribution in [2.45, 2.75) is 19.4 Å². The van der Waals surface area contributed by atoms with Crippen LogP contribution in [0.3, 0.4) is 0 Å². The molecule has 118 valence electrons. The van der Waals surface area contributed by atoms with Gasteiger partial charge in [0, 0.05) is 17.2 Å². The monoisotopic (exact) mass is 311 g/mol. The van der Waals surface area contributed by atoms with Crippen molar-refractivity contribution >= 4 is 0 Å². The molecular weight excluding hydrogens is 293 g/mol. The van der Waals surface area contributed by atoms with Crippen molar-refractivity contribution in [2.24, 2.45) is 0 Å². The topological polar surface area (TPSA) is 35.1 Å². The molecule has 3 nitrogen and oxygen atoms in total. The Labute approximate surface area is 134 Å². The van der Waals surface area contributed by atoms with Gasteiger partial charge in [0.1, 0.15) is 0 Å². The Morgan fingerprint density at radius 2 is 1.57 bits per heavy atom. The van der Waals surface area contributed by atoms with E-state index in [9.17, 15) is 9.18 Å². The fourth-order valence-electron chi connectivity index (χ4n) is 2.72. The molecule has 3 aromatic rings. The number of hydrogen-bond donors (Lipinski definition) is 0. The van der Waals surface area contributed by atoms with E-state index >= 15 is 0 Å². The van der Waals surface area contributed by atoms with Crippen molar-refractivity contribution in [3.8, 4) is 22.6 Å². The molecule has 1 unspecified atom stereocenters. The smallest absolute Gasteiger partial charge is 0.407 e. The summed E-state index contributed by atoms with van der Waals surface area (Å²) >= 11 is 0. The Bertz CT molecular complexity index is 822. The predicted octanol–water partition coefficient (Wildman–Crippen LogP) is 4.70. The van der Waals surface area contributed by atoms with Crippen LogP contribution in [0.2, 0.25) is 0 Å². The van der Waals surface area contributed by atoms with Gasteiger partial charge in [-0.1, -0.05) is 60.7 Å². The first-order chi connectivity index (χ1) is 11.2. The Kier molecular flexibility index (Phi) is 4.42. The molecule has 3 rings (SSSR count). The first-order valence-corrected chi connectivity index (χ1v) is 7.64. The molecule has 1 heterocycles. The molecule has 0 amide bonds. The Morgan fingerprint density at radius 1 is 1.00 bits per heavy atom. The highest BCUT2D eigenvalue weighted by Gasteiger charge is 2.22. The van der Waals surface area contributed by atoms with Crippen molar-refractivity contribution in [2.75, 3.05) is 6.67 Å². The largest absolute Gasteiger partial charge is 0.420 e. The zero-order chi connectivity index (χ0) is 16.2. The second-order valence-electron chi connectivity index (χ2n) is 5.47. The minimum Gasteiger partial charge on any atom is -0.407 e. The van der Waals surface area contributed by atoms with E-state index in [0.717, 1.165) is 11.1 Å². The lowest BCUT2D eigenvalue weighted by Crippen LogP contribution is -2.20. The van der Waals surface area contributed by atoms with Gasteiger partial charge in [0.05, 0.1) is 12.4 Å². The van der Waals surface area contributed by atoms with Gasteiger partial charge in [-0.15, -0.1) is 0 Å². The Morgan fingerprint density at radius 3 is 2.13 bits per heavy atom. The molecule has 1 aromatic heterocycles. The molecule has 0 fully saturated rings. The summed E-state index contributed by atoms with van der Waals surface area (Å²) in [6, 6.07) is 18.8. The van der Waals surface area contributed by atoms with E-state index in [1.165, 1.54) is 0 Å². The molecule has 4 heteroatoms. The average molecular weight is 311 g/mol. The lowest BCUT2D eigenvalue weighted by atomic mass is 10.0. The van der Waals surface area contributed by atoms with Crippen molar-refractivity contribution in [1.29, 1.82) is 0 Å². The standard InChI is InChI=1S/C19H18FNO2/c1-14(12-13-20)21-17(15-8-4-2-5-9-15)18(23-19(21)22)16-10-6-3-7-11-16/h2-11,14H,12-13H2,1H3. The van der Waals surface area contributed by atoms with Crippen LogP contribution in [0.1, 0.15) is 19.4 Å².